The lowest BCUT2D eigenvalue weighted by Gasteiger charge is -2.11. The van der Waals surface area contributed by atoms with E-state index in [2.05, 4.69) is 127 Å². The summed E-state index contributed by atoms with van der Waals surface area (Å²) in [5, 5.41) is 6.15. The zero-order valence-corrected chi connectivity index (χ0v) is 33.6. The molecule has 0 N–H and O–H groups in total. The van der Waals surface area contributed by atoms with Crippen molar-refractivity contribution in [2.24, 2.45) is 0 Å². The molecular weight excluding hydrogens is 775 g/mol. The highest BCUT2D eigenvalue weighted by molar-refractivity contribution is 6.17. The lowest BCUT2D eigenvalue weighted by molar-refractivity contribution is 0.668. The largest absolute Gasteiger partial charge is 0.456 e. The monoisotopic (exact) mass is 807 g/mol. The van der Waals surface area contributed by atoms with Crippen LogP contribution >= 0.6 is 0 Å². The van der Waals surface area contributed by atoms with Crippen molar-refractivity contribution < 1.29 is 13.3 Å². The van der Waals surface area contributed by atoms with Gasteiger partial charge in [0, 0.05) is 54.6 Å². The van der Waals surface area contributed by atoms with E-state index in [1.165, 1.54) is 0 Å². The number of hydrogen-bond donors (Lipinski definition) is 0. The normalized spacial score (nSPS) is 11.8. The molecule has 0 atom stereocenters. The number of nitrogens with zero attached hydrogens (tertiary/aromatic N) is 3. The topological polar surface area (TPSA) is 78.1 Å². The Bertz CT molecular complexity index is 3900. The Labute approximate surface area is 360 Å². The highest BCUT2D eigenvalue weighted by Crippen LogP contribution is 2.45. The average Bonchev–Trinajstić information content (AvgIpc) is 4.05. The molecule has 13 aromatic rings. The van der Waals surface area contributed by atoms with Gasteiger partial charge in [0.2, 0.25) is 0 Å². The Kier molecular flexibility index (Phi) is 7.80. The van der Waals surface area contributed by atoms with Gasteiger partial charge in [-0.3, -0.25) is 0 Å². The number of para-hydroxylation sites is 2. The molecule has 13 rings (SSSR count). The van der Waals surface area contributed by atoms with Crippen LogP contribution in [0.15, 0.2) is 213 Å². The maximum atomic E-state index is 6.96. The third kappa shape index (κ3) is 5.84. The number of benzene rings is 9. The second-order valence-corrected chi connectivity index (χ2v) is 15.9. The van der Waals surface area contributed by atoms with Gasteiger partial charge in [0.25, 0.3) is 0 Å². The van der Waals surface area contributed by atoms with Crippen LogP contribution in [0.1, 0.15) is 0 Å². The van der Waals surface area contributed by atoms with Gasteiger partial charge in [-0.15, -0.1) is 0 Å². The summed E-state index contributed by atoms with van der Waals surface area (Å²) < 4.78 is 19.5. The Hall–Kier alpha value is -8.61. The van der Waals surface area contributed by atoms with E-state index in [0.29, 0.717) is 17.5 Å². The van der Waals surface area contributed by atoms with E-state index < -0.39 is 0 Å². The zero-order chi connectivity index (χ0) is 41.4. The first-order chi connectivity index (χ1) is 31.2. The van der Waals surface area contributed by atoms with Gasteiger partial charge in [0.1, 0.15) is 33.5 Å². The number of rotatable bonds is 6. The van der Waals surface area contributed by atoms with E-state index in [1.807, 2.05) is 72.8 Å². The van der Waals surface area contributed by atoms with E-state index in [0.717, 1.165) is 116 Å². The molecule has 0 saturated carbocycles. The smallest absolute Gasteiger partial charge is 0.164 e. The maximum Gasteiger partial charge on any atom is 0.164 e. The molecule has 6 heteroatoms. The molecule has 0 aliphatic carbocycles. The third-order valence-corrected chi connectivity index (χ3v) is 12.2. The number of aromatic nitrogens is 3. The van der Waals surface area contributed by atoms with Gasteiger partial charge in [0.05, 0.1) is 0 Å². The van der Waals surface area contributed by atoms with E-state index >= 15 is 0 Å². The minimum atomic E-state index is 0.559. The molecule has 0 amide bonds. The van der Waals surface area contributed by atoms with E-state index in [-0.39, 0.29) is 0 Å². The maximum absolute atomic E-state index is 6.96. The van der Waals surface area contributed by atoms with Crippen LogP contribution in [0.4, 0.5) is 0 Å². The molecule has 9 aromatic carbocycles. The quantitative estimate of drug-likeness (QED) is 0.166. The lowest BCUT2D eigenvalue weighted by atomic mass is 9.93. The lowest BCUT2D eigenvalue weighted by Crippen LogP contribution is -2.00. The van der Waals surface area contributed by atoms with Gasteiger partial charge in [-0.2, -0.15) is 0 Å². The van der Waals surface area contributed by atoms with Crippen molar-refractivity contribution in [2.75, 3.05) is 0 Å². The molecule has 4 aromatic heterocycles. The van der Waals surface area contributed by atoms with Gasteiger partial charge in [-0.1, -0.05) is 146 Å². The van der Waals surface area contributed by atoms with Crippen LogP contribution < -0.4 is 0 Å². The summed E-state index contributed by atoms with van der Waals surface area (Å²) in [4.78, 5) is 15.5. The number of furan rings is 3. The van der Waals surface area contributed by atoms with Gasteiger partial charge >= 0.3 is 0 Å². The van der Waals surface area contributed by atoms with Crippen LogP contribution in [0.2, 0.25) is 0 Å². The summed E-state index contributed by atoms with van der Waals surface area (Å²) in [7, 11) is 0. The van der Waals surface area contributed by atoms with E-state index in [4.69, 9.17) is 28.2 Å². The van der Waals surface area contributed by atoms with Crippen LogP contribution in [-0.4, -0.2) is 15.0 Å². The van der Waals surface area contributed by atoms with Crippen molar-refractivity contribution in [1.29, 1.82) is 0 Å². The van der Waals surface area contributed by atoms with Crippen molar-refractivity contribution >= 4 is 65.8 Å². The van der Waals surface area contributed by atoms with Crippen LogP contribution in [0.25, 0.3) is 133 Å². The van der Waals surface area contributed by atoms with Crippen molar-refractivity contribution in [3.05, 3.63) is 200 Å². The zero-order valence-electron chi connectivity index (χ0n) is 33.6. The van der Waals surface area contributed by atoms with Crippen molar-refractivity contribution in [3.63, 3.8) is 0 Å². The molecule has 0 radical (unpaired) electrons. The second-order valence-electron chi connectivity index (χ2n) is 15.9. The third-order valence-electron chi connectivity index (χ3n) is 12.2. The molecule has 294 valence electrons. The average molecular weight is 808 g/mol. The fourth-order valence-corrected chi connectivity index (χ4v) is 9.08. The fraction of sp³-hybridized carbons (Fsp3) is 0. The minimum Gasteiger partial charge on any atom is -0.456 e. The summed E-state index contributed by atoms with van der Waals surface area (Å²) >= 11 is 0. The molecule has 0 fully saturated rings. The SMILES string of the molecule is c1ccc(-c2ccc(-c3nc(-c4ccccc4)nc(-c4cccc5oc6c(-c7ccc8oc9ccccc9c8c7)cc(-c7ccc8oc9ccccc9c8c7)cc6c45)n3)cc2)cc1. The highest BCUT2D eigenvalue weighted by atomic mass is 16.3. The highest BCUT2D eigenvalue weighted by Gasteiger charge is 2.22. The Balaban J connectivity index is 1.05. The first-order valence-electron chi connectivity index (χ1n) is 21.0. The molecule has 0 saturated heterocycles. The van der Waals surface area contributed by atoms with Crippen molar-refractivity contribution in [1.82, 2.24) is 15.0 Å². The first kappa shape index (κ1) is 35.2. The van der Waals surface area contributed by atoms with Crippen molar-refractivity contribution in [2.45, 2.75) is 0 Å². The Morgan fingerprint density at radius 3 is 1.41 bits per heavy atom. The van der Waals surface area contributed by atoms with E-state index in [1.54, 1.807) is 0 Å². The minimum absolute atomic E-state index is 0.559. The summed E-state index contributed by atoms with van der Waals surface area (Å²) in [6.07, 6.45) is 0. The predicted molar refractivity (Wildman–Crippen MR) is 254 cm³/mol. The van der Waals surface area contributed by atoms with Gasteiger partial charge in [-0.05, 0) is 82.4 Å². The molecule has 63 heavy (non-hydrogen) atoms. The molecular formula is C57H33N3O3. The van der Waals surface area contributed by atoms with Crippen LogP contribution in [-0.2, 0) is 0 Å². The van der Waals surface area contributed by atoms with Crippen LogP contribution in [0.5, 0.6) is 0 Å². The molecule has 0 aliphatic heterocycles. The predicted octanol–water partition coefficient (Wildman–Crippen LogP) is 15.6. The molecule has 0 aliphatic rings. The molecule has 0 bridgehead atoms. The Morgan fingerprint density at radius 2 is 0.730 bits per heavy atom. The van der Waals surface area contributed by atoms with E-state index in [9.17, 15) is 0 Å². The second kappa shape index (κ2) is 14.0. The number of hydrogen-bond acceptors (Lipinski definition) is 6. The first-order valence-corrected chi connectivity index (χ1v) is 21.0. The molecule has 0 unspecified atom stereocenters. The summed E-state index contributed by atoms with van der Waals surface area (Å²) in [6.45, 7) is 0. The summed E-state index contributed by atoms with van der Waals surface area (Å²) in [5.41, 5.74) is 13.9. The van der Waals surface area contributed by atoms with Crippen molar-refractivity contribution in [3.8, 4) is 67.5 Å². The summed E-state index contributed by atoms with van der Waals surface area (Å²) in [5.74, 6) is 1.74. The molecule has 0 spiro atoms. The van der Waals surface area contributed by atoms with Crippen LogP contribution in [0, 0.1) is 0 Å². The fourth-order valence-electron chi connectivity index (χ4n) is 9.08. The van der Waals surface area contributed by atoms with Gasteiger partial charge in [-0.25, -0.2) is 15.0 Å². The molecule has 6 nitrogen and oxygen atoms in total. The molecule has 4 heterocycles. The summed E-state index contributed by atoms with van der Waals surface area (Å²) in [6, 6.07) is 68.7. The Morgan fingerprint density at radius 1 is 0.254 bits per heavy atom. The van der Waals surface area contributed by atoms with Gasteiger partial charge < -0.3 is 13.3 Å². The number of fused-ring (bicyclic) bond motifs is 9. The van der Waals surface area contributed by atoms with Gasteiger partial charge in [0.15, 0.2) is 17.5 Å². The van der Waals surface area contributed by atoms with Crippen LogP contribution in [0.3, 0.4) is 0 Å². The standard InChI is InChI=1S/C57H33N3O3/c1-3-12-34(13-4-1)35-22-24-37(25-23-35)56-58-55(36-14-5-2-6-15-36)59-57(60-56)43-18-11-21-52-53(43)47-33-40(38-26-28-50-45(30-38)41-16-7-9-19-48(41)61-50)32-44(54(47)63-52)39-27-29-51-46(31-39)42-17-8-10-20-49(42)62-51/h1-33H.